The number of aliphatic carboxylic acids is 1. The van der Waals surface area contributed by atoms with Crippen molar-refractivity contribution in [3.05, 3.63) is 29.6 Å². The molecule has 0 fully saturated rings. The van der Waals surface area contributed by atoms with Gasteiger partial charge in [0.15, 0.2) is 0 Å². The molecule has 0 aliphatic carbocycles. The highest BCUT2D eigenvalue weighted by molar-refractivity contribution is 5.67. The summed E-state index contributed by atoms with van der Waals surface area (Å²) in [6.07, 6.45) is 1.35. The van der Waals surface area contributed by atoms with Gasteiger partial charge in [-0.05, 0) is 6.07 Å². The maximum Gasteiger partial charge on any atom is 0.307 e. The van der Waals surface area contributed by atoms with E-state index in [2.05, 4.69) is 5.32 Å². The molecule has 1 aromatic rings. The number of pyridine rings is 1. The van der Waals surface area contributed by atoms with Gasteiger partial charge in [-0.15, -0.1) is 0 Å². The lowest BCUT2D eigenvalue weighted by Gasteiger charge is -2.06. The Labute approximate surface area is 75.2 Å². The third kappa shape index (κ3) is 2.98. The fourth-order valence-corrected chi connectivity index (χ4v) is 0.863. The third-order valence-corrected chi connectivity index (χ3v) is 1.47. The van der Waals surface area contributed by atoms with E-state index in [4.69, 9.17) is 5.11 Å². The SMILES string of the molecule is O=C(O)CCNc1cccc[n+]1[O-]. The standard InChI is InChI=1S/C8H10N2O3/c11-8(12)4-5-9-7-3-1-2-6-10(7)13/h1-3,6,9H,4-5H2,(H,11,12). The molecule has 0 aliphatic heterocycles. The maximum absolute atomic E-state index is 11.0. The second-order valence-corrected chi connectivity index (χ2v) is 2.48. The maximum atomic E-state index is 11.0. The highest BCUT2D eigenvalue weighted by Gasteiger charge is 2.02. The molecule has 0 spiro atoms. The van der Waals surface area contributed by atoms with Gasteiger partial charge >= 0.3 is 5.97 Å². The fourth-order valence-electron chi connectivity index (χ4n) is 0.863. The average molecular weight is 182 g/mol. The van der Waals surface area contributed by atoms with E-state index in [1.807, 2.05) is 0 Å². The van der Waals surface area contributed by atoms with E-state index in [9.17, 15) is 10.0 Å². The zero-order valence-electron chi connectivity index (χ0n) is 6.93. The summed E-state index contributed by atoms with van der Waals surface area (Å²) in [4.78, 5) is 10.1. The molecule has 1 heterocycles. The molecule has 2 N–H and O–H groups in total. The first kappa shape index (κ1) is 9.31. The molecule has 0 bridgehead atoms. The molecular weight excluding hydrogens is 172 g/mol. The molecular formula is C8H10N2O3. The van der Waals surface area contributed by atoms with Crippen LogP contribution >= 0.6 is 0 Å². The van der Waals surface area contributed by atoms with E-state index in [0.717, 1.165) is 0 Å². The van der Waals surface area contributed by atoms with Crippen LogP contribution in [0.2, 0.25) is 0 Å². The van der Waals surface area contributed by atoms with Crippen LogP contribution in [0.15, 0.2) is 24.4 Å². The Balaban J connectivity index is 2.45. The van der Waals surface area contributed by atoms with Crippen molar-refractivity contribution in [3.63, 3.8) is 0 Å². The van der Waals surface area contributed by atoms with Gasteiger partial charge in [0.25, 0.3) is 5.82 Å². The lowest BCUT2D eigenvalue weighted by Crippen LogP contribution is -2.30. The van der Waals surface area contributed by atoms with E-state index >= 15 is 0 Å². The van der Waals surface area contributed by atoms with E-state index in [1.165, 1.54) is 6.20 Å². The highest BCUT2D eigenvalue weighted by atomic mass is 16.5. The number of hydrogen-bond acceptors (Lipinski definition) is 3. The van der Waals surface area contributed by atoms with Crippen LogP contribution in [0.5, 0.6) is 0 Å². The number of carboxylic acids is 1. The van der Waals surface area contributed by atoms with E-state index in [-0.39, 0.29) is 13.0 Å². The van der Waals surface area contributed by atoms with Crippen molar-refractivity contribution in [2.75, 3.05) is 11.9 Å². The second-order valence-electron chi connectivity index (χ2n) is 2.48. The predicted molar refractivity (Wildman–Crippen MR) is 46.1 cm³/mol. The summed E-state index contributed by atoms with van der Waals surface area (Å²) in [5, 5.41) is 22.1. The van der Waals surface area contributed by atoms with E-state index in [1.54, 1.807) is 18.2 Å². The van der Waals surface area contributed by atoms with E-state index < -0.39 is 5.97 Å². The minimum atomic E-state index is -0.888. The topological polar surface area (TPSA) is 76.3 Å². The van der Waals surface area contributed by atoms with E-state index in [0.29, 0.717) is 10.5 Å². The van der Waals surface area contributed by atoms with Crippen LogP contribution in [0.25, 0.3) is 0 Å². The molecule has 0 unspecified atom stereocenters. The number of nitrogens with one attached hydrogen (secondary N) is 1. The molecule has 0 aliphatic rings. The number of carboxylic acid groups (broad SMARTS) is 1. The minimum absolute atomic E-state index is 0.00507. The molecule has 1 rings (SSSR count). The predicted octanol–water partition coefficient (Wildman–Crippen LogP) is 0.207. The zero-order chi connectivity index (χ0) is 9.68. The summed E-state index contributed by atoms with van der Waals surface area (Å²) in [6.45, 7) is 0.252. The van der Waals surface area contributed by atoms with Crippen molar-refractivity contribution in [1.82, 2.24) is 0 Å². The van der Waals surface area contributed by atoms with Gasteiger partial charge in [0, 0.05) is 6.07 Å². The Hall–Kier alpha value is -1.78. The first-order valence-electron chi connectivity index (χ1n) is 3.84. The number of rotatable bonds is 4. The van der Waals surface area contributed by atoms with Crippen molar-refractivity contribution >= 4 is 11.8 Å². The van der Waals surface area contributed by atoms with Crippen LogP contribution in [0.4, 0.5) is 5.82 Å². The summed E-state index contributed by atoms with van der Waals surface area (Å²) < 4.78 is 0.655. The molecule has 70 valence electrons. The Bertz CT molecular complexity index is 301. The zero-order valence-corrected chi connectivity index (χ0v) is 6.93. The molecule has 1 aromatic heterocycles. The summed E-state index contributed by atoms with van der Waals surface area (Å²) in [5.41, 5.74) is 0. The number of anilines is 1. The summed E-state index contributed by atoms with van der Waals surface area (Å²) in [6, 6.07) is 4.90. The van der Waals surface area contributed by atoms with Crippen LogP contribution in [0.1, 0.15) is 6.42 Å². The molecule has 5 heteroatoms. The molecule has 0 saturated carbocycles. The van der Waals surface area contributed by atoms with Gasteiger partial charge in [0.2, 0.25) is 0 Å². The summed E-state index contributed by atoms with van der Waals surface area (Å²) in [5.74, 6) is -0.523. The van der Waals surface area contributed by atoms with Gasteiger partial charge < -0.3 is 10.3 Å². The lowest BCUT2D eigenvalue weighted by atomic mass is 10.4. The van der Waals surface area contributed by atoms with Crippen molar-refractivity contribution in [3.8, 4) is 0 Å². The molecule has 0 radical (unpaired) electrons. The smallest absolute Gasteiger partial charge is 0.307 e. The summed E-state index contributed by atoms with van der Waals surface area (Å²) >= 11 is 0. The average Bonchev–Trinajstić information content (AvgIpc) is 2.08. The monoisotopic (exact) mass is 182 g/mol. The Morgan fingerprint density at radius 2 is 2.38 bits per heavy atom. The normalized spacial score (nSPS) is 9.54. The third-order valence-electron chi connectivity index (χ3n) is 1.47. The lowest BCUT2D eigenvalue weighted by molar-refractivity contribution is -0.590. The van der Waals surface area contributed by atoms with Crippen LogP contribution in [0, 0.1) is 5.21 Å². The van der Waals surface area contributed by atoms with Crippen LogP contribution in [-0.4, -0.2) is 17.6 Å². The highest BCUT2D eigenvalue weighted by Crippen LogP contribution is 1.96. The molecule has 5 nitrogen and oxygen atoms in total. The van der Waals surface area contributed by atoms with Crippen molar-refractivity contribution < 1.29 is 14.6 Å². The number of carbonyl (C=O) groups is 1. The van der Waals surface area contributed by atoms with Gasteiger partial charge in [0.1, 0.15) is 0 Å². The molecule has 13 heavy (non-hydrogen) atoms. The quantitative estimate of drug-likeness (QED) is 0.515. The largest absolute Gasteiger partial charge is 0.711 e. The number of aromatic nitrogens is 1. The fraction of sp³-hybridized carbons (Fsp3) is 0.250. The summed E-state index contributed by atoms with van der Waals surface area (Å²) in [7, 11) is 0. The van der Waals surface area contributed by atoms with Crippen LogP contribution in [0.3, 0.4) is 0 Å². The second kappa shape index (κ2) is 4.30. The molecule has 0 saturated heterocycles. The van der Waals surface area contributed by atoms with Gasteiger partial charge in [-0.3, -0.25) is 10.1 Å². The van der Waals surface area contributed by atoms with Crippen LogP contribution < -0.4 is 10.0 Å². The van der Waals surface area contributed by atoms with Gasteiger partial charge in [-0.25, -0.2) is 4.73 Å². The number of hydrogen-bond donors (Lipinski definition) is 2. The van der Waals surface area contributed by atoms with Crippen molar-refractivity contribution in [1.29, 1.82) is 0 Å². The molecule has 0 atom stereocenters. The molecule has 0 aromatic carbocycles. The first-order chi connectivity index (χ1) is 6.20. The Kier molecular flexibility index (Phi) is 3.08. The Morgan fingerprint density at radius 1 is 1.62 bits per heavy atom. The van der Waals surface area contributed by atoms with Gasteiger partial charge in [0.05, 0.1) is 19.2 Å². The van der Waals surface area contributed by atoms with Gasteiger partial charge in [-0.2, -0.15) is 0 Å². The Morgan fingerprint density at radius 3 is 3.00 bits per heavy atom. The molecule has 0 amide bonds. The van der Waals surface area contributed by atoms with Crippen molar-refractivity contribution in [2.24, 2.45) is 0 Å². The first-order valence-corrected chi connectivity index (χ1v) is 3.84. The number of nitrogens with zero attached hydrogens (tertiary/aromatic N) is 1. The minimum Gasteiger partial charge on any atom is -0.711 e. The van der Waals surface area contributed by atoms with Gasteiger partial charge in [-0.1, -0.05) is 6.07 Å². The van der Waals surface area contributed by atoms with Crippen LogP contribution in [-0.2, 0) is 4.79 Å². The van der Waals surface area contributed by atoms with Crippen molar-refractivity contribution in [2.45, 2.75) is 6.42 Å².